The van der Waals surface area contributed by atoms with Crippen LogP contribution in [-0.2, 0) is 6.42 Å². The number of rotatable bonds is 4. The molecule has 2 nitrogen and oxygen atoms in total. The predicted octanol–water partition coefficient (Wildman–Crippen LogP) is 4.11. The highest BCUT2D eigenvalue weighted by atomic mass is 79.9. The molecule has 0 aromatic heterocycles. The van der Waals surface area contributed by atoms with Crippen LogP contribution in [0.2, 0.25) is 0 Å². The molecule has 2 rings (SSSR count). The van der Waals surface area contributed by atoms with Gasteiger partial charge in [-0.15, -0.1) is 0 Å². The Morgan fingerprint density at radius 3 is 2.79 bits per heavy atom. The average molecular weight is 325 g/mol. The molecule has 0 spiro atoms. The molecular weight excluding hydrogens is 300 g/mol. The quantitative estimate of drug-likeness (QED) is 0.903. The zero-order valence-electron chi connectivity index (χ0n) is 12.2. The molecule has 1 aliphatic rings. The molecule has 0 aliphatic carbocycles. The van der Waals surface area contributed by atoms with Gasteiger partial charge in [0, 0.05) is 28.3 Å². The Morgan fingerprint density at radius 2 is 2.16 bits per heavy atom. The Bertz CT molecular complexity index is 431. The standard InChI is InChI=1S/C16H25BrN2/c1-4-15-7-5-12(3)19(15)16-8-6-14(17)10-13(16)9-11(2)18/h6,8,10-12,15H,4-5,7,9,18H2,1-3H3. The van der Waals surface area contributed by atoms with Gasteiger partial charge in [0.15, 0.2) is 0 Å². The van der Waals surface area contributed by atoms with Crippen molar-refractivity contribution in [2.75, 3.05) is 4.90 Å². The van der Waals surface area contributed by atoms with Crippen LogP contribution in [0.25, 0.3) is 0 Å². The van der Waals surface area contributed by atoms with E-state index in [0.29, 0.717) is 12.1 Å². The van der Waals surface area contributed by atoms with Crippen LogP contribution in [0.5, 0.6) is 0 Å². The van der Waals surface area contributed by atoms with E-state index in [-0.39, 0.29) is 6.04 Å². The molecule has 3 atom stereocenters. The molecule has 3 unspecified atom stereocenters. The summed E-state index contributed by atoms with van der Waals surface area (Å²) in [7, 11) is 0. The van der Waals surface area contributed by atoms with Crippen LogP contribution in [0.4, 0.5) is 5.69 Å². The highest BCUT2D eigenvalue weighted by Crippen LogP contribution is 2.35. The molecule has 1 aromatic rings. The Hall–Kier alpha value is -0.540. The highest BCUT2D eigenvalue weighted by molar-refractivity contribution is 9.10. The van der Waals surface area contributed by atoms with Gasteiger partial charge in [0.2, 0.25) is 0 Å². The zero-order chi connectivity index (χ0) is 14.0. The van der Waals surface area contributed by atoms with E-state index in [1.807, 2.05) is 0 Å². The van der Waals surface area contributed by atoms with Crippen molar-refractivity contribution in [3.05, 3.63) is 28.2 Å². The third-order valence-electron chi connectivity index (χ3n) is 4.12. The molecule has 106 valence electrons. The van der Waals surface area contributed by atoms with Crippen molar-refractivity contribution < 1.29 is 0 Å². The minimum Gasteiger partial charge on any atom is -0.366 e. The molecule has 0 saturated carbocycles. The lowest BCUT2D eigenvalue weighted by Gasteiger charge is -2.32. The Balaban J connectivity index is 2.37. The molecule has 3 heteroatoms. The maximum Gasteiger partial charge on any atom is 0.0405 e. The van der Waals surface area contributed by atoms with Crippen molar-refractivity contribution in [3.8, 4) is 0 Å². The first-order valence-corrected chi connectivity index (χ1v) is 8.14. The molecule has 19 heavy (non-hydrogen) atoms. The second-order valence-electron chi connectivity index (χ2n) is 5.85. The van der Waals surface area contributed by atoms with Gasteiger partial charge >= 0.3 is 0 Å². The second-order valence-corrected chi connectivity index (χ2v) is 6.77. The van der Waals surface area contributed by atoms with Crippen molar-refractivity contribution in [2.45, 2.75) is 64.6 Å². The summed E-state index contributed by atoms with van der Waals surface area (Å²) in [6, 6.07) is 8.16. The van der Waals surface area contributed by atoms with E-state index in [1.165, 1.54) is 30.5 Å². The van der Waals surface area contributed by atoms with Gasteiger partial charge in [-0.3, -0.25) is 0 Å². The summed E-state index contributed by atoms with van der Waals surface area (Å²) in [6.07, 6.45) is 4.77. The highest BCUT2D eigenvalue weighted by Gasteiger charge is 2.30. The third kappa shape index (κ3) is 3.32. The number of hydrogen-bond donors (Lipinski definition) is 1. The summed E-state index contributed by atoms with van der Waals surface area (Å²) in [5, 5.41) is 0. The lowest BCUT2D eigenvalue weighted by Crippen LogP contribution is -2.35. The fourth-order valence-electron chi connectivity index (χ4n) is 3.22. The van der Waals surface area contributed by atoms with Gasteiger partial charge in [-0.2, -0.15) is 0 Å². The number of nitrogens with two attached hydrogens (primary N) is 1. The molecule has 0 radical (unpaired) electrons. The lowest BCUT2D eigenvalue weighted by molar-refractivity contribution is 0.622. The first-order chi connectivity index (χ1) is 9.02. The van der Waals surface area contributed by atoms with Crippen molar-refractivity contribution in [1.82, 2.24) is 0 Å². The Morgan fingerprint density at radius 1 is 1.42 bits per heavy atom. The minimum absolute atomic E-state index is 0.200. The fraction of sp³-hybridized carbons (Fsp3) is 0.625. The molecular formula is C16H25BrN2. The molecule has 0 amide bonds. The molecule has 1 heterocycles. The second kappa shape index (κ2) is 6.27. The van der Waals surface area contributed by atoms with Crippen molar-refractivity contribution >= 4 is 21.6 Å². The summed E-state index contributed by atoms with van der Waals surface area (Å²) < 4.78 is 1.15. The third-order valence-corrected chi connectivity index (χ3v) is 4.61. The zero-order valence-corrected chi connectivity index (χ0v) is 13.8. The SMILES string of the molecule is CCC1CCC(C)N1c1ccc(Br)cc1CC(C)N. The van der Waals surface area contributed by atoms with E-state index < -0.39 is 0 Å². The molecule has 1 fully saturated rings. The summed E-state index contributed by atoms with van der Waals surface area (Å²) in [4.78, 5) is 2.62. The first-order valence-electron chi connectivity index (χ1n) is 7.35. The van der Waals surface area contributed by atoms with E-state index in [4.69, 9.17) is 5.73 Å². The largest absolute Gasteiger partial charge is 0.366 e. The van der Waals surface area contributed by atoms with Crippen LogP contribution in [0.15, 0.2) is 22.7 Å². The van der Waals surface area contributed by atoms with Crippen molar-refractivity contribution in [1.29, 1.82) is 0 Å². The van der Waals surface area contributed by atoms with Crippen LogP contribution in [-0.4, -0.2) is 18.1 Å². The van der Waals surface area contributed by atoms with Gasteiger partial charge in [-0.05, 0) is 63.3 Å². The maximum atomic E-state index is 6.01. The van der Waals surface area contributed by atoms with Crippen LogP contribution in [0, 0.1) is 0 Å². The van der Waals surface area contributed by atoms with Gasteiger partial charge < -0.3 is 10.6 Å². The Labute approximate surface area is 125 Å². The molecule has 1 aromatic carbocycles. The summed E-state index contributed by atoms with van der Waals surface area (Å²) in [5.74, 6) is 0. The first kappa shape index (κ1) is 14.9. The van der Waals surface area contributed by atoms with Crippen molar-refractivity contribution in [3.63, 3.8) is 0 Å². The van der Waals surface area contributed by atoms with Gasteiger partial charge in [-0.25, -0.2) is 0 Å². The molecule has 0 bridgehead atoms. The van der Waals surface area contributed by atoms with E-state index in [2.05, 4.69) is 59.8 Å². The topological polar surface area (TPSA) is 29.3 Å². The van der Waals surface area contributed by atoms with Crippen LogP contribution < -0.4 is 10.6 Å². The van der Waals surface area contributed by atoms with Crippen LogP contribution >= 0.6 is 15.9 Å². The van der Waals surface area contributed by atoms with Gasteiger partial charge in [0.1, 0.15) is 0 Å². The number of hydrogen-bond acceptors (Lipinski definition) is 2. The molecule has 1 saturated heterocycles. The number of benzene rings is 1. The van der Waals surface area contributed by atoms with Crippen LogP contribution in [0.3, 0.4) is 0 Å². The Kier molecular flexibility index (Phi) is 4.91. The number of nitrogens with zero attached hydrogens (tertiary/aromatic N) is 1. The smallest absolute Gasteiger partial charge is 0.0405 e. The normalized spacial score (nSPS) is 24.8. The van der Waals surface area contributed by atoms with E-state index in [9.17, 15) is 0 Å². The van der Waals surface area contributed by atoms with E-state index in [0.717, 1.165) is 10.9 Å². The average Bonchev–Trinajstić information content (AvgIpc) is 2.70. The summed E-state index contributed by atoms with van der Waals surface area (Å²) in [5.41, 5.74) is 8.77. The van der Waals surface area contributed by atoms with Crippen LogP contribution in [0.1, 0.15) is 45.6 Å². The summed E-state index contributed by atoms with van der Waals surface area (Å²) in [6.45, 7) is 6.71. The van der Waals surface area contributed by atoms with Gasteiger partial charge in [-0.1, -0.05) is 22.9 Å². The summed E-state index contributed by atoms with van der Waals surface area (Å²) >= 11 is 3.58. The maximum absolute atomic E-state index is 6.01. The fourth-order valence-corrected chi connectivity index (χ4v) is 3.63. The van der Waals surface area contributed by atoms with Crippen molar-refractivity contribution in [2.24, 2.45) is 5.73 Å². The predicted molar refractivity (Wildman–Crippen MR) is 86.7 cm³/mol. The van der Waals surface area contributed by atoms with E-state index in [1.54, 1.807) is 0 Å². The molecule has 2 N–H and O–H groups in total. The number of halogens is 1. The van der Waals surface area contributed by atoms with Gasteiger partial charge in [0.25, 0.3) is 0 Å². The van der Waals surface area contributed by atoms with Gasteiger partial charge in [0.05, 0.1) is 0 Å². The lowest BCUT2D eigenvalue weighted by atomic mass is 10.0. The monoisotopic (exact) mass is 324 g/mol. The minimum atomic E-state index is 0.200. The number of anilines is 1. The molecule has 1 aliphatic heterocycles. The van der Waals surface area contributed by atoms with E-state index >= 15 is 0 Å².